The summed E-state index contributed by atoms with van der Waals surface area (Å²) in [6, 6.07) is 4.87. The molecule has 2 aliphatic heterocycles. The Kier molecular flexibility index (Phi) is 4.68. The second-order valence-corrected chi connectivity index (χ2v) is 7.85. The van der Waals surface area contributed by atoms with Gasteiger partial charge in [-0.05, 0) is 58.8 Å². The van der Waals surface area contributed by atoms with Crippen molar-refractivity contribution in [2.75, 3.05) is 20.1 Å². The fraction of sp³-hybridized carbons (Fsp3) is 0.611. The Hall–Kier alpha value is -1.44. The minimum Gasteiger partial charge on any atom is -0.399 e. The Balaban J connectivity index is 1.77. The number of hydrogen-bond acceptors (Lipinski definition) is 4. The van der Waals surface area contributed by atoms with Crippen LogP contribution in [0.4, 0.5) is 4.39 Å². The SMILES string of the molecule is CN[C@@H]1CCN(C(=O)c2ccc(B3OC(C)(C)C(C)(C)O3)cc2F)C1. The number of halogens is 1. The maximum atomic E-state index is 14.6. The molecule has 1 atom stereocenters. The zero-order valence-electron chi connectivity index (χ0n) is 15.6. The molecule has 1 N–H and O–H groups in total. The van der Waals surface area contributed by atoms with Crippen molar-refractivity contribution in [3.05, 3.63) is 29.6 Å². The van der Waals surface area contributed by atoms with Gasteiger partial charge < -0.3 is 19.5 Å². The van der Waals surface area contributed by atoms with Crippen LogP contribution in [0, 0.1) is 5.82 Å². The van der Waals surface area contributed by atoms with E-state index in [4.69, 9.17) is 9.31 Å². The standard InChI is InChI=1S/C18H26BFN2O3/c1-17(2)18(3,4)25-19(24-17)12-6-7-14(15(20)10-12)16(23)22-9-8-13(11-22)21-5/h6-7,10,13,21H,8-9,11H2,1-5H3/t13-/m1/s1. The average molecular weight is 348 g/mol. The van der Waals surface area contributed by atoms with Gasteiger partial charge in [0.1, 0.15) is 5.82 Å². The maximum Gasteiger partial charge on any atom is 0.494 e. The fourth-order valence-electron chi connectivity index (χ4n) is 3.18. The van der Waals surface area contributed by atoms with Crippen molar-refractivity contribution in [3.63, 3.8) is 0 Å². The van der Waals surface area contributed by atoms with E-state index in [9.17, 15) is 9.18 Å². The van der Waals surface area contributed by atoms with Crippen LogP contribution in [0.1, 0.15) is 44.5 Å². The minimum atomic E-state index is -0.635. The van der Waals surface area contributed by atoms with E-state index in [0.717, 1.165) is 6.42 Å². The van der Waals surface area contributed by atoms with E-state index < -0.39 is 24.1 Å². The van der Waals surface area contributed by atoms with E-state index in [1.54, 1.807) is 11.0 Å². The number of likely N-dealkylation sites (tertiary alicyclic amines) is 1. The fourth-order valence-corrected chi connectivity index (χ4v) is 3.18. The van der Waals surface area contributed by atoms with Crippen LogP contribution in [0.25, 0.3) is 0 Å². The first-order chi connectivity index (χ1) is 11.6. The van der Waals surface area contributed by atoms with Gasteiger partial charge in [0.25, 0.3) is 5.91 Å². The van der Waals surface area contributed by atoms with E-state index in [2.05, 4.69) is 5.32 Å². The van der Waals surface area contributed by atoms with Gasteiger partial charge in [-0.2, -0.15) is 0 Å². The maximum absolute atomic E-state index is 14.6. The van der Waals surface area contributed by atoms with Crippen LogP contribution in [0.5, 0.6) is 0 Å². The van der Waals surface area contributed by atoms with Gasteiger partial charge in [-0.25, -0.2) is 4.39 Å². The molecule has 2 saturated heterocycles. The van der Waals surface area contributed by atoms with Gasteiger partial charge in [0, 0.05) is 19.1 Å². The molecule has 0 spiro atoms. The number of carbonyl (C=O) groups is 1. The van der Waals surface area contributed by atoms with Crippen LogP contribution in [-0.2, 0) is 9.31 Å². The molecule has 1 amide bonds. The van der Waals surface area contributed by atoms with Gasteiger partial charge in [-0.3, -0.25) is 4.79 Å². The third kappa shape index (κ3) is 3.33. The average Bonchev–Trinajstić information content (AvgIpc) is 3.09. The molecule has 25 heavy (non-hydrogen) atoms. The molecule has 136 valence electrons. The first-order valence-corrected chi connectivity index (χ1v) is 8.76. The first kappa shape index (κ1) is 18.4. The zero-order chi connectivity index (χ0) is 18.4. The third-order valence-corrected chi connectivity index (χ3v) is 5.63. The molecule has 7 heteroatoms. The first-order valence-electron chi connectivity index (χ1n) is 8.76. The molecule has 2 aliphatic rings. The van der Waals surface area contributed by atoms with Crippen molar-refractivity contribution in [1.82, 2.24) is 10.2 Å². The lowest BCUT2D eigenvalue weighted by atomic mass is 9.78. The Bertz CT molecular complexity index is 664. The number of nitrogens with zero attached hydrogens (tertiary/aromatic N) is 1. The molecule has 0 bridgehead atoms. The highest BCUT2D eigenvalue weighted by Crippen LogP contribution is 2.36. The summed E-state index contributed by atoms with van der Waals surface area (Å²) in [7, 11) is 1.24. The van der Waals surface area contributed by atoms with Crippen molar-refractivity contribution >= 4 is 18.5 Å². The minimum absolute atomic E-state index is 0.0945. The van der Waals surface area contributed by atoms with E-state index in [1.165, 1.54) is 12.1 Å². The Morgan fingerprint density at radius 1 is 1.28 bits per heavy atom. The second-order valence-electron chi connectivity index (χ2n) is 7.85. The summed E-state index contributed by atoms with van der Waals surface area (Å²) in [5.74, 6) is -0.805. The third-order valence-electron chi connectivity index (χ3n) is 5.63. The summed E-state index contributed by atoms with van der Waals surface area (Å²) in [5, 5.41) is 3.16. The summed E-state index contributed by atoms with van der Waals surface area (Å²) in [6.45, 7) is 9.05. The van der Waals surface area contributed by atoms with Crippen LogP contribution >= 0.6 is 0 Å². The molecule has 0 unspecified atom stereocenters. The normalized spacial score (nSPS) is 24.8. The summed E-state index contributed by atoms with van der Waals surface area (Å²) >= 11 is 0. The van der Waals surface area contributed by atoms with Crippen molar-refractivity contribution in [1.29, 1.82) is 0 Å². The van der Waals surface area contributed by atoms with Crippen molar-refractivity contribution in [2.45, 2.75) is 51.4 Å². The van der Waals surface area contributed by atoms with Gasteiger partial charge in [-0.15, -0.1) is 0 Å². The van der Waals surface area contributed by atoms with Crippen LogP contribution in [0.2, 0.25) is 0 Å². The van der Waals surface area contributed by atoms with Crippen LogP contribution in [0.3, 0.4) is 0 Å². The number of likely N-dealkylation sites (N-methyl/N-ethyl adjacent to an activating group) is 1. The van der Waals surface area contributed by atoms with Crippen LogP contribution in [0.15, 0.2) is 18.2 Å². The lowest BCUT2D eigenvalue weighted by molar-refractivity contribution is 0.00578. The summed E-state index contributed by atoms with van der Waals surface area (Å²) < 4.78 is 26.5. The van der Waals surface area contributed by atoms with Crippen molar-refractivity contribution in [2.24, 2.45) is 0 Å². The number of amides is 1. The number of rotatable bonds is 3. The van der Waals surface area contributed by atoms with Crippen molar-refractivity contribution in [3.8, 4) is 0 Å². The smallest absolute Gasteiger partial charge is 0.399 e. The highest BCUT2D eigenvalue weighted by molar-refractivity contribution is 6.62. The zero-order valence-corrected chi connectivity index (χ0v) is 15.6. The van der Waals surface area contributed by atoms with Crippen molar-refractivity contribution < 1.29 is 18.5 Å². The van der Waals surface area contributed by atoms with E-state index in [0.29, 0.717) is 18.6 Å². The molecular formula is C18H26BFN2O3. The molecule has 1 aromatic rings. The number of nitrogens with one attached hydrogen (secondary N) is 1. The van der Waals surface area contributed by atoms with E-state index in [-0.39, 0.29) is 17.5 Å². The topological polar surface area (TPSA) is 50.8 Å². The molecule has 0 aliphatic carbocycles. The summed E-state index contributed by atoms with van der Waals surface area (Å²) in [6.07, 6.45) is 0.885. The molecule has 5 nitrogen and oxygen atoms in total. The van der Waals surface area contributed by atoms with E-state index in [1.807, 2.05) is 34.7 Å². The van der Waals surface area contributed by atoms with Crippen LogP contribution in [-0.4, -0.2) is 55.3 Å². The van der Waals surface area contributed by atoms with Gasteiger partial charge >= 0.3 is 7.12 Å². The second kappa shape index (κ2) is 6.38. The highest BCUT2D eigenvalue weighted by atomic mass is 19.1. The predicted octanol–water partition coefficient (Wildman–Crippen LogP) is 1.56. The van der Waals surface area contributed by atoms with Gasteiger partial charge in [-0.1, -0.05) is 6.07 Å². The quantitative estimate of drug-likeness (QED) is 0.843. The molecule has 3 rings (SSSR count). The Morgan fingerprint density at radius 2 is 1.92 bits per heavy atom. The summed E-state index contributed by atoms with van der Waals surface area (Å²) in [4.78, 5) is 14.3. The molecule has 1 aromatic carbocycles. The monoisotopic (exact) mass is 348 g/mol. The lowest BCUT2D eigenvalue weighted by Crippen LogP contribution is -2.41. The van der Waals surface area contributed by atoms with Crippen LogP contribution < -0.4 is 10.8 Å². The molecule has 2 fully saturated rings. The Morgan fingerprint density at radius 3 is 2.44 bits per heavy atom. The molecular weight excluding hydrogens is 322 g/mol. The van der Waals surface area contributed by atoms with Gasteiger partial charge in [0.2, 0.25) is 0 Å². The number of benzene rings is 1. The van der Waals surface area contributed by atoms with Gasteiger partial charge in [0.15, 0.2) is 0 Å². The molecule has 2 heterocycles. The van der Waals surface area contributed by atoms with E-state index >= 15 is 0 Å². The molecule has 0 aromatic heterocycles. The molecule has 0 saturated carbocycles. The number of carbonyl (C=O) groups excluding carboxylic acids is 1. The lowest BCUT2D eigenvalue weighted by Gasteiger charge is -2.32. The highest BCUT2D eigenvalue weighted by Gasteiger charge is 2.51. The van der Waals surface area contributed by atoms with Gasteiger partial charge in [0.05, 0.1) is 16.8 Å². The number of hydrogen-bond donors (Lipinski definition) is 1. The predicted molar refractivity (Wildman–Crippen MR) is 95.5 cm³/mol. The Labute approximate surface area is 149 Å². The molecule has 0 radical (unpaired) electrons. The largest absolute Gasteiger partial charge is 0.494 e. The summed E-state index contributed by atoms with van der Waals surface area (Å²) in [5.41, 5.74) is -0.292.